The van der Waals surface area contributed by atoms with E-state index in [9.17, 15) is 13.2 Å². The van der Waals surface area contributed by atoms with Crippen LogP contribution < -0.4 is 5.32 Å². The maximum Gasteiger partial charge on any atom is 0.407 e. The molecule has 0 aliphatic carbocycles. The van der Waals surface area contributed by atoms with Crippen molar-refractivity contribution in [3.63, 3.8) is 0 Å². The molecule has 0 atom stereocenters. The average molecular weight is 483 g/mol. The first-order valence-corrected chi connectivity index (χ1v) is 12.6. The van der Waals surface area contributed by atoms with Crippen molar-refractivity contribution in [2.75, 3.05) is 13.1 Å². The first-order valence-electron chi connectivity index (χ1n) is 11.2. The van der Waals surface area contributed by atoms with Crippen LogP contribution in [-0.2, 0) is 26.2 Å². The van der Waals surface area contributed by atoms with Gasteiger partial charge in [0.05, 0.1) is 11.0 Å². The average Bonchev–Trinajstić information content (AvgIpc) is 2.85. The molecule has 1 amide bonds. The molecule has 0 spiro atoms. The Hall–Kier alpha value is -3.20. The highest BCUT2D eigenvalue weighted by Gasteiger charge is 2.26. The maximum atomic E-state index is 13.2. The van der Waals surface area contributed by atoms with Gasteiger partial charge in [-0.3, -0.25) is 4.84 Å². The molecule has 180 valence electrons. The van der Waals surface area contributed by atoms with E-state index in [0.29, 0.717) is 6.42 Å². The summed E-state index contributed by atoms with van der Waals surface area (Å²) >= 11 is 0. The number of alkyl carbamates (subject to hydrolysis) is 1. The van der Waals surface area contributed by atoms with Gasteiger partial charge in [0.25, 0.3) is 10.0 Å². The molecular weight excluding hydrogens is 452 g/mol. The third-order valence-corrected chi connectivity index (χ3v) is 6.53. The minimum absolute atomic E-state index is 0.0832. The van der Waals surface area contributed by atoms with Crippen LogP contribution in [0, 0.1) is 0 Å². The molecule has 3 aromatic rings. The van der Waals surface area contributed by atoms with Gasteiger partial charge in [-0.2, -0.15) is 0 Å². The van der Waals surface area contributed by atoms with E-state index in [2.05, 4.69) is 5.32 Å². The molecular formula is C26H30N2O5S. The van der Waals surface area contributed by atoms with Gasteiger partial charge in [-0.25, -0.2) is 13.2 Å². The molecule has 0 saturated heterocycles. The van der Waals surface area contributed by atoms with Crippen LogP contribution in [0.2, 0.25) is 0 Å². The highest BCUT2D eigenvalue weighted by atomic mass is 32.2. The number of sulfonamides is 1. The van der Waals surface area contributed by atoms with Crippen molar-refractivity contribution in [3.8, 4) is 11.1 Å². The first kappa shape index (κ1) is 25.4. The van der Waals surface area contributed by atoms with E-state index in [1.54, 1.807) is 38.1 Å². The van der Waals surface area contributed by atoms with Crippen LogP contribution >= 0.6 is 0 Å². The lowest BCUT2D eigenvalue weighted by molar-refractivity contribution is -0.119. The molecule has 3 aromatic carbocycles. The normalized spacial score (nSPS) is 11.5. The van der Waals surface area contributed by atoms with Crippen LogP contribution in [-0.4, -0.2) is 38.2 Å². The Labute approximate surface area is 201 Å². The Morgan fingerprint density at radius 3 is 2.09 bits per heavy atom. The lowest BCUT2D eigenvalue weighted by Gasteiger charge is -2.23. The monoisotopic (exact) mass is 482 g/mol. The molecule has 3 rings (SSSR count). The number of carbonyl (C=O) groups is 1. The zero-order valence-corrected chi connectivity index (χ0v) is 20.2. The molecule has 0 aliphatic heterocycles. The topological polar surface area (TPSA) is 84.9 Å². The second kappa shape index (κ2) is 12.3. The highest BCUT2D eigenvalue weighted by Crippen LogP contribution is 2.23. The minimum atomic E-state index is -3.87. The van der Waals surface area contributed by atoms with E-state index in [1.165, 1.54) is 0 Å². The third kappa shape index (κ3) is 7.41. The van der Waals surface area contributed by atoms with Gasteiger partial charge >= 0.3 is 6.09 Å². The third-order valence-electron chi connectivity index (χ3n) is 4.86. The van der Waals surface area contributed by atoms with Gasteiger partial charge in [0.1, 0.15) is 6.61 Å². The number of hydrogen-bond acceptors (Lipinski definition) is 5. The summed E-state index contributed by atoms with van der Waals surface area (Å²) in [5.74, 6) is 0. The van der Waals surface area contributed by atoms with Crippen LogP contribution in [0.25, 0.3) is 11.1 Å². The van der Waals surface area contributed by atoms with E-state index in [1.807, 2.05) is 60.7 Å². The molecule has 0 radical (unpaired) electrons. The number of amides is 1. The van der Waals surface area contributed by atoms with Gasteiger partial charge in [-0.1, -0.05) is 77.3 Å². The number of benzene rings is 3. The van der Waals surface area contributed by atoms with Crippen molar-refractivity contribution in [2.24, 2.45) is 0 Å². The fourth-order valence-electron chi connectivity index (χ4n) is 3.20. The van der Waals surface area contributed by atoms with Gasteiger partial charge in [0.2, 0.25) is 0 Å². The molecule has 0 saturated carbocycles. The first-order chi connectivity index (χ1) is 16.4. The number of hydrogen-bond donors (Lipinski definition) is 1. The number of nitrogens with zero attached hydrogens (tertiary/aromatic N) is 1. The Bertz CT molecular complexity index is 1130. The van der Waals surface area contributed by atoms with Crippen molar-refractivity contribution in [3.05, 3.63) is 90.5 Å². The molecule has 0 aliphatic rings. The summed E-state index contributed by atoms with van der Waals surface area (Å²) in [4.78, 5) is 17.6. The standard InChI is InChI=1S/C26H30N2O5S/c1-21(2)33-28(19-9-18-27-26(29)32-20-22-10-5-3-6-11-22)34(30,31)25-16-14-24(15-17-25)23-12-7-4-8-13-23/h3-8,10-17,21H,9,18-20H2,1-2H3,(H,27,29). The summed E-state index contributed by atoms with van der Waals surface area (Å²) in [7, 11) is -3.87. The SMILES string of the molecule is CC(C)ON(CCCNC(=O)OCc1ccccc1)S(=O)(=O)c1ccc(-c2ccccc2)cc1. The van der Waals surface area contributed by atoms with Gasteiger partial charge in [-0.15, -0.1) is 0 Å². The second-order valence-corrected chi connectivity index (χ2v) is 9.75. The van der Waals surface area contributed by atoms with E-state index in [0.717, 1.165) is 21.2 Å². The predicted molar refractivity (Wildman–Crippen MR) is 131 cm³/mol. The largest absolute Gasteiger partial charge is 0.445 e. The number of nitrogens with one attached hydrogen (secondary N) is 1. The minimum Gasteiger partial charge on any atom is -0.445 e. The van der Waals surface area contributed by atoms with E-state index >= 15 is 0 Å². The Balaban J connectivity index is 1.56. The molecule has 8 heteroatoms. The highest BCUT2D eigenvalue weighted by molar-refractivity contribution is 7.89. The molecule has 34 heavy (non-hydrogen) atoms. The Kier molecular flexibility index (Phi) is 9.21. The van der Waals surface area contributed by atoms with Gasteiger partial charge < -0.3 is 10.1 Å². The molecule has 0 bridgehead atoms. The molecule has 0 fully saturated rings. The van der Waals surface area contributed by atoms with Crippen molar-refractivity contribution in [1.29, 1.82) is 0 Å². The fraction of sp³-hybridized carbons (Fsp3) is 0.269. The van der Waals surface area contributed by atoms with Crippen molar-refractivity contribution < 1.29 is 22.8 Å². The van der Waals surface area contributed by atoms with Crippen LogP contribution in [0.5, 0.6) is 0 Å². The van der Waals surface area contributed by atoms with Crippen LogP contribution in [0.4, 0.5) is 4.79 Å². The molecule has 1 N–H and O–H groups in total. The van der Waals surface area contributed by atoms with Crippen LogP contribution in [0.3, 0.4) is 0 Å². The Morgan fingerprint density at radius 2 is 1.47 bits per heavy atom. The molecule has 0 unspecified atom stereocenters. The van der Waals surface area contributed by atoms with Crippen molar-refractivity contribution in [1.82, 2.24) is 9.79 Å². The maximum absolute atomic E-state index is 13.2. The summed E-state index contributed by atoms with van der Waals surface area (Å²) in [6, 6.07) is 25.8. The summed E-state index contributed by atoms with van der Waals surface area (Å²) in [6.07, 6.45) is -0.532. The molecule has 0 aromatic heterocycles. The Morgan fingerprint density at radius 1 is 0.882 bits per heavy atom. The number of carbonyl (C=O) groups excluding carboxylic acids is 1. The van der Waals surface area contributed by atoms with E-state index in [-0.39, 0.29) is 30.7 Å². The lowest BCUT2D eigenvalue weighted by Crippen LogP contribution is -2.36. The summed E-state index contributed by atoms with van der Waals surface area (Å²) < 4.78 is 32.5. The number of rotatable bonds is 11. The summed E-state index contributed by atoms with van der Waals surface area (Å²) in [5.41, 5.74) is 2.82. The zero-order chi connectivity index (χ0) is 24.4. The molecule has 7 nitrogen and oxygen atoms in total. The van der Waals surface area contributed by atoms with Gasteiger partial charge in [0, 0.05) is 13.1 Å². The summed E-state index contributed by atoms with van der Waals surface area (Å²) in [5, 5.41) is 2.64. The number of hydroxylamine groups is 1. The molecule has 0 heterocycles. The lowest BCUT2D eigenvalue weighted by atomic mass is 10.1. The fourth-order valence-corrected chi connectivity index (χ4v) is 4.58. The number of ether oxygens (including phenoxy) is 1. The van der Waals surface area contributed by atoms with E-state index in [4.69, 9.17) is 9.57 Å². The van der Waals surface area contributed by atoms with Gasteiger partial charge in [0.15, 0.2) is 0 Å². The van der Waals surface area contributed by atoms with E-state index < -0.39 is 16.1 Å². The smallest absolute Gasteiger partial charge is 0.407 e. The van der Waals surface area contributed by atoms with Crippen LogP contribution in [0.15, 0.2) is 89.8 Å². The predicted octanol–water partition coefficient (Wildman–Crippen LogP) is 5.00. The van der Waals surface area contributed by atoms with Crippen molar-refractivity contribution in [2.45, 2.75) is 37.9 Å². The second-order valence-electron chi connectivity index (χ2n) is 7.92. The van der Waals surface area contributed by atoms with Crippen molar-refractivity contribution >= 4 is 16.1 Å². The summed E-state index contributed by atoms with van der Waals surface area (Å²) in [6.45, 7) is 4.02. The van der Waals surface area contributed by atoms with Crippen LogP contribution in [0.1, 0.15) is 25.8 Å². The van der Waals surface area contributed by atoms with Gasteiger partial charge in [-0.05, 0) is 49.1 Å². The quantitative estimate of drug-likeness (QED) is 0.307. The zero-order valence-electron chi connectivity index (χ0n) is 19.4.